The van der Waals surface area contributed by atoms with Gasteiger partial charge in [0.15, 0.2) is 0 Å². The van der Waals surface area contributed by atoms with Crippen LogP contribution in [0, 0.1) is 17.0 Å². The molecule has 0 bridgehead atoms. The minimum Gasteiger partial charge on any atom is -0.464 e. The van der Waals surface area contributed by atoms with Crippen LogP contribution in [-0.2, 0) is 16.6 Å². The zero-order valence-corrected chi connectivity index (χ0v) is 12.3. The quantitative estimate of drug-likeness (QED) is 0.473. The number of nitro groups is 1. The smallest absolute Gasteiger partial charge is 0.406 e. The highest BCUT2D eigenvalue weighted by atomic mass is 16.6. The molecule has 21 heavy (non-hydrogen) atoms. The molecule has 0 amide bonds. The largest absolute Gasteiger partial charge is 0.464 e. The molecule has 0 radical (unpaired) electrons. The van der Waals surface area contributed by atoms with E-state index in [9.17, 15) is 14.9 Å². The fourth-order valence-electron chi connectivity index (χ4n) is 2.43. The van der Waals surface area contributed by atoms with E-state index >= 15 is 0 Å². The minimum absolute atomic E-state index is 0.230. The lowest BCUT2D eigenvalue weighted by atomic mass is 10.2. The molecule has 1 fully saturated rings. The third-order valence-corrected chi connectivity index (χ3v) is 3.52. The summed E-state index contributed by atoms with van der Waals surface area (Å²) in [7, 11) is 1.70. The lowest BCUT2D eigenvalue weighted by Gasteiger charge is -2.35. The second kappa shape index (κ2) is 6.08. The number of aromatic nitrogens is 2. The summed E-state index contributed by atoms with van der Waals surface area (Å²) in [4.78, 5) is 28.4. The van der Waals surface area contributed by atoms with E-state index in [2.05, 4.69) is 10.3 Å². The van der Waals surface area contributed by atoms with Crippen molar-refractivity contribution in [2.75, 3.05) is 31.1 Å². The van der Waals surface area contributed by atoms with Crippen LogP contribution in [0.15, 0.2) is 0 Å². The Labute approximate surface area is 122 Å². The van der Waals surface area contributed by atoms with Crippen molar-refractivity contribution in [1.29, 1.82) is 0 Å². The Hall–Kier alpha value is -2.16. The van der Waals surface area contributed by atoms with Gasteiger partial charge in [0.05, 0.1) is 6.61 Å². The van der Waals surface area contributed by atoms with Crippen LogP contribution in [0.2, 0.25) is 0 Å². The second-order valence-electron chi connectivity index (χ2n) is 4.79. The molecular weight excluding hydrogens is 278 g/mol. The van der Waals surface area contributed by atoms with Crippen molar-refractivity contribution in [3.63, 3.8) is 0 Å². The van der Waals surface area contributed by atoms with Gasteiger partial charge in [0.2, 0.25) is 11.6 Å². The number of ether oxygens (including phenoxy) is 1. The summed E-state index contributed by atoms with van der Waals surface area (Å²) in [5.74, 6) is 0.249. The van der Waals surface area contributed by atoms with E-state index in [1.807, 2.05) is 0 Å². The monoisotopic (exact) mass is 297 g/mol. The highest BCUT2D eigenvalue weighted by Gasteiger charge is 2.37. The van der Waals surface area contributed by atoms with Crippen LogP contribution in [0.1, 0.15) is 12.7 Å². The molecule has 0 aliphatic carbocycles. The maximum Gasteiger partial charge on any atom is 0.406 e. The van der Waals surface area contributed by atoms with Gasteiger partial charge in [0, 0.05) is 33.6 Å². The molecule has 9 nitrogen and oxygen atoms in total. The van der Waals surface area contributed by atoms with Crippen LogP contribution >= 0.6 is 0 Å². The fraction of sp³-hybridized carbons (Fsp3) is 0.667. The van der Waals surface area contributed by atoms with Gasteiger partial charge in [-0.15, -0.1) is 0 Å². The molecule has 0 aromatic carbocycles. The fourth-order valence-corrected chi connectivity index (χ4v) is 2.43. The van der Waals surface area contributed by atoms with E-state index in [1.54, 1.807) is 30.4 Å². The number of piperazine rings is 1. The summed E-state index contributed by atoms with van der Waals surface area (Å²) >= 11 is 0. The van der Waals surface area contributed by atoms with E-state index in [0.29, 0.717) is 31.3 Å². The van der Waals surface area contributed by atoms with Crippen molar-refractivity contribution in [2.24, 2.45) is 7.05 Å². The van der Waals surface area contributed by atoms with Crippen LogP contribution < -0.4 is 10.2 Å². The van der Waals surface area contributed by atoms with Gasteiger partial charge in [0.25, 0.3) is 0 Å². The van der Waals surface area contributed by atoms with Crippen LogP contribution in [0.4, 0.5) is 11.6 Å². The average Bonchev–Trinajstić information content (AvgIpc) is 2.75. The SMILES string of the molecule is CCOC(=O)C1CNCCN1c1c([N+](=O)[O-])nc(C)n1C. The molecule has 1 aromatic heterocycles. The average molecular weight is 297 g/mol. The molecule has 1 atom stereocenters. The molecule has 9 heteroatoms. The van der Waals surface area contributed by atoms with E-state index in [0.717, 1.165) is 0 Å². The summed E-state index contributed by atoms with van der Waals surface area (Å²) in [6, 6.07) is -0.591. The standard InChI is InChI=1S/C12H19N5O4/c1-4-21-12(18)9-7-13-5-6-16(9)11-10(17(19)20)14-8(2)15(11)3/h9,13H,4-7H2,1-3H3. The van der Waals surface area contributed by atoms with Crippen LogP contribution in [0.3, 0.4) is 0 Å². The Morgan fingerprint density at radius 1 is 1.62 bits per heavy atom. The minimum atomic E-state index is -0.591. The highest BCUT2D eigenvalue weighted by molar-refractivity contribution is 5.81. The maximum atomic E-state index is 12.1. The first kappa shape index (κ1) is 15.2. The number of carbonyl (C=O) groups is 1. The molecule has 0 spiro atoms. The van der Waals surface area contributed by atoms with Crippen molar-refractivity contribution in [1.82, 2.24) is 14.9 Å². The number of aryl methyl sites for hydroxylation is 1. The van der Waals surface area contributed by atoms with E-state index in [1.165, 1.54) is 0 Å². The number of hydrogen-bond acceptors (Lipinski definition) is 7. The van der Waals surface area contributed by atoms with Crippen molar-refractivity contribution >= 4 is 17.6 Å². The Bertz CT molecular complexity index is 556. The first-order valence-corrected chi connectivity index (χ1v) is 6.79. The molecule has 1 aliphatic rings. The van der Waals surface area contributed by atoms with Crippen molar-refractivity contribution in [3.8, 4) is 0 Å². The molecule has 1 aliphatic heterocycles. The Morgan fingerprint density at radius 3 is 2.95 bits per heavy atom. The predicted molar refractivity (Wildman–Crippen MR) is 75.2 cm³/mol. The number of hydrogen-bond donors (Lipinski definition) is 1. The zero-order chi connectivity index (χ0) is 15.6. The van der Waals surface area contributed by atoms with Crippen molar-refractivity contribution in [2.45, 2.75) is 19.9 Å². The second-order valence-corrected chi connectivity index (χ2v) is 4.79. The number of carbonyl (C=O) groups excluding carboxylic acids is 1. The van der Waals surface area contributed by atoms with E-state index in [-0.39, 0.29) is 12.4 Å². The van der Waals surface area contributed by atoms with E-state index in [4.69, 9.17) is 4.74 Å². The summed E-state index contributed by atoms with van der Waals surface area (Å²) < 4.78 is 6.69. The summed E-state index contributed by atoms with van der Waals surface area (Å²) in [5.41, 5.74) is 0. The number of anilines is 1. The molecule has 1 unspecified atom stereocenters. The maximum absolute atomic E-state index is 12.1. The van der Waals surface area contributed by atoms with Crippen LogP contribution in [-0.4, -0.2) is 52.7 Å². The molecule has 0 saturated carbocycles. The normalized spacial score (nSPS) is 18.6. The van der Waals surface area contributed by atoms with Gasteiger partial charge in [-0.3, -0.25) is 4.57 Å². The molecule has 1 N–H and O–H groups in total. The van der Waals surface area contributed by atoms with Crippen LogP contribution in [0.5, 0.6) is 0 Å². The molecule has 2 heterocycles. The number of nitrogens with zero attached hydrogens (tertiary/aromatic N) is 4. The molecule has 116 valence electrons. The third-order valence-electron chi connectivity index (χ3n) is 3.52. The van der Waals surface area contributed by atoms with Gasteiger partial charge < -0.3 is 25.1 Å². The number of esters is 1. The van der Waals surface area contributed by atoms with Gasteiger partial charge in [0.1, 0.15) is 6.04 Å². The number of nitrogens with one attached hydrogen (secondary N) is 1. The van der Waals surface area contributed by atoms with Crippen molar-refractivity contribution < 1.29 is 14.5 Å². The van der Waals surface area contributed by atoms with Crippen molar-refractivity contribution in [3.05, 3.63) is 15.9 Å². The predicted octanol–water partition coefficient (Wildman–Crippen LogP) is -0.0220. The Kier molecular flexibility index (Phi) is 4.41. The summed E-state index contributed by atoms with van der Waals surface area (Å²) in [6.07, 6.45) is 0. The Morgan fingerprint density at radius 2 is 2.33 bits per heavy atom. The van der Waals surface area contributed by atoms with Gasteiger partial charge >= 0.3 is 11.8 Å². The first-order chi connectivity index (χ1) is 9.97. The Balaban J connectivity index is 2.42. The van der Waals surface area contributed by atoms with Gasteiger partial charge in [-0.2, -0.15) is 0 Å². The first-order valence-electron chi connectivity index (χ1n) is 6.79. The molecule has 1 aromatic rings. The van der Waals surface area contributed by atoms with E-state index < -0.39 is 16.9 Å². The molecule has 1 saturated heterocycles. The highest BCUT2D eigenvalue weighted by Crippen LogP contribution is 2.30. The van der Waals surface area contributed by atoms with Gasteiger partial charge in [-0.1, -0.05) is 0 Å². The number of rotatable bonds is 4. The van der Waals surface area contributed by atoms with Gasteiger partial charge in [-0.25, -0.2) is 4.79 Å². The summed E-state index contributed by atoms with van der Waals surface area (Å²) in [6.45, 7) is 5.20. The van der Waals surface area contributed by atoms with Crippen LogP contribution in [0.25, 0.3) is 0 Å². The third kappa shape index (κ3) is 2.82. The molecule has 2 rings (SSSR count). The zero-order valence-electron chi connectivity index (χ0n) is 12.3. The number of imidazole rings is 1. The molecular formula is C12H19N5O4. The summed E-state index contributed by atoms with van der Waals surface area (Å²) in [5, 5.41) is 14.3. The lowest BCUT2D eigenvalue weighted by Crippen LogP contribution is -2.56. The van der Waals surface area contributed by atoms with Gasteiger partial charge in [-0.05, 0) is 16.8 Å². The topological polar surface area (TPSA) is 103 Å². The lowest BCUT2D eigenvalue weighted by molar-refractivity contribution is -0.388.